The summed E-state index contributed by atoms with van der Waals surface area (Å²) < 4.78 is 10.4. The Labute approximate surface area is 91.3 Å². The third kappa shape index (κ3) is 3.80. The largest absolute Gasteiger partial charge is 0.462 e. The highest BCUT2D eigenvalue weighted by Crippen LogP contribution is 2.19. The molecule has 0 aromatic carbocycles. The number of carbonyl (C=O) groups is 1. The van der Waals surface area contributed by atoms with E-state index in [-0.39, 0.29) is 12.1 Å². The van der Waals surface area contributed by atoms with E-state index in [1.54, 1.807) is 0 Å². The number of carbonyl (C=O) groups excluding carboxylic acids is 1. The minimum absolute atomic E-state index is 0.160. The standard InChI is InChI=1S/C11H21NO3/c1-9(2)14-7-8-15-10(13)11(3)5-4-6-12-11/h9,12H,4-8H2,1-3H3. The van der Waals surface area contributed by atoms with E-state index in [0.29, 0.717) is 13.2 Å². The molecule has 1 aliphatic heterocycles. The summed E-state index contributed by atoms with van der Waals surface area (Å²) in [6, 6.07) is 0. The maximum absolute atomic E-state index is 11.7. The van der Waals surface area contributed by atoms with Gasteiger partial charge in [-0.2, -0.15) is 0 Å². The summed E-state index contributed by atoms with van der Waals surface area (Å²) in [6.45, 7) is 7.52. The lowest BCUT2D eigenvalue weighted by molar-refractivity contribution is -0.152. The monoisotopic (exact) mass is 215 g/mol. The van der Waals surface area contributed by atoms with Crippen LogP contribution < -0.4 is 5.32 Å². The first kappa shape index (κ1) is 12.5. The molecule has 1 saturated heterocycles. The van der Waals surface area contributed by atoms with Crippen LogP contribution in [0.2, 0.25) is 0 Å². The number of ether oxygens (including phenoxy) is 2. The van der Waals surface area contributed by atoms with E-state index in [1.165, 1.54) is 0 Å². The molecule has 0 aromatic rings. The second-order valence-electron chi connectivity index (χ2n) is 4.42. The quantitative estimate of drug-likeness (QED) is 0.551. The van der Waals surface area contributed by atoms with E-state index in [4.69, 9.17) is 9.47 Å². The molecule has 1 unspecified atom stereocenters. The molecule has 0 aliphatic carbocycles. The molecule has 1 N–H and O–H groups in total. The number of hydrogen-bond acceptors (Lipinski definition) is 4. The summed E-state index contributed by atoms with van der Waals surface area (Å²) in [4.78, 5) is 11.7. The van der Waals surface area contributed by atoms with Crippen LogP contribution in [0.4, 0.5) is 0 Å². The van der Waals surface area contributed by atoms with E-state index in [0.717, 1.165) is 19.4 Å². The topological polar surface area (TPSA) is 47.6 Å². The lowest BCUT2D eigenvalue weighted by atomic mass is 10.0. The zero-order chi connectivity index (χ0) is 11.3. The van der Waals surface area contributed by atoms with Gasteiger partial charge in [0.2, 0.25) is 0 Å². The van der Waals surface area contributed by atoms with Crippen LogP contribution in [0, 0.1) is 0 Å². The second-order valence-corrected chi connectivity index (χ2v) is 4.42. The molecule has 0 spiro atoms. The molecule has 4 heteroatoms. The average Bonchev–Trinajstić information content (AvgIpc) is 2.60. The first-order valence-corrected chi connectivity index (χ1v) is 5.58. The van der Waals surface area contributed by atoms with Crippen LogP contribution in [-0.2, 0) is 14.3 Å². The van der Waals surface area contributed by atoms with Crippen LogP contribution in [0.15, 0.2) is 0 Å². The van der Waals surface area contributed by atoms with Crippen molar-refractivity contribution in [2.24, 2.45) is 0 Å². The summed E-state index contributed by atoms with van der Waals surface area (Å²) in [5, 5.41) is 3.17. The average molecular weight is 215 g/mol. The van der Waals surface area contributed by atoms with E-state index in [9.17, 15) is 4.79 Å². The lowest BCUT2D eigenvalue weighted by Crippen LogP contribution is -2.46. The zero-order valence-electron chi connectivity index (χ0n) is 9.84. The predicted molar refractivity (Wildman–Crippen MR) is 57.7 cm³/mol. The molecule has 1 rings (SSSR count). The molecule has 4 nitrogen and oxygen atoms in total. The van der Waals surface area contributed by atoms with Gasteiger partial charge in [-0.15, -0.1) is 0 Å². The highest BCUT2D eigenvalue weighted by atomic mass is 16.6. The molecule has 0 aromatic heterocycles. The van der Waals surface area contributed by atoms with Gasteiger partial charge in [0, 0.05) is 0 Å². The number of hydrogen-bond donors (Lipinski definition) is 1. The van der Waals surface area contributed by atoms with Gasteiger partial charge in [-0.1, -0.05) is 0 Å². The van der Waals surface area contributed by atoms with Gasteiger partial charge in [0.15, 0.2) is 0 Å². The third-order valence-corrected chi connectivity index (χ3v) is 2.59. The Morgan fingerprint density at radius 3 is 2.73 bits per heavy atom. The van der Waals surface area contributed by atoms with Crippen molar-refractivity contribution in [3.8, 4) is 0 Å². The van der Waals surface area contributed by atoms with Crippen molar-refractivity contribution in [2.45, 2.75) is 45.3 Å². The summed E-state index contributed by atoms with van der Waals surface area (Å²) in [5.74, 6) is -0.160. The molecule has 0 bridgehead atoms. The van der Waals surface area contributed by atoms with Crippen molar-refractivity contribution in [3.05, 3.63) is 0 Å². The Balaban J connectivity index is 2.18. The molecule has 1 heterocycles. The normalized spacial score (nSPS) is 25.9. The van der Waals surface area contributed by atoms with E-state index in [1.807, 2.05) is 20.8 Å². The van der Waals surface area contributed by atoms with Gasteiger partial charge in [-0.3, -0.25) is 4.79 Å². The van der Waals surface area contributed by atoms with Gasteiger partial charge in [-0.05, 0) is 40.2 Å². The van der Waals surface area contributed by atoms with Crippen molar-refractivity contribution in [1.29, 1.82) is 0 Å². The first-order chi connectivity index (χ1) is 7.04. The van der Waals surface area contributed by atoms with Gasteiger partial charge < -0.3 is 14.8 Å². The van der Waals surface area contributed by atoms with Crippen LogP contribution in [-0.4, -0.2) is 37.4 Å². The fourth-order valence-electron chi connectivity index (χ4n) is 1.65. The maximum Gasteiger partial charge on any atom is 0.326 e. The smallest absolute Gasteiger partial charge is 0.326 e. The fraction of sp³-hybridized carbons (Fsp3) is 0.909. The molecule has 1 fully saturated rings. The molecular weight excluding hydrogens is 194 g/mol. The van der Waals surface area contributed by atoms with Gasteiger partial charge in [0.25, 0.3) is 0 Å². The van der Waals surface area contributed by atoms with Gasteiger partial charge in [0.1, 0.15) is 12.1 Å². The second kappa shape index (κ2) is 5.47. The van der Waals surface area contributed by atoms with E-state index >= 15 is 0 Å². The summed E-state index contributed by atoms with van der Waals surface area (Å²) >= 11 is 0. The zero-order valence-corrected chi connectivity index (χ0v) is 9.84. The van der Waals surface area contributed by atoms with Crippen molar-refractivity contribution in [2.75, 3.05) is 19.8 Å². The Kier molecular flexibility index (Phi) is 4.54. The Morgan fingerprint density at radius 2 is 2.20 bits per heavy atom. The summed E-state index contributed by atoms with van der Waals surface area (Å²) in [5.41, 5.74) is -0.474. The van der Waals surface area contributed by atoms with Crippen molar-refractivity contribution in [3.63, 3.8) is 0 Å². The Hall–Kier alpha value is -0.610. The number of esters is 1. The molecule has 0 radical (unpaired) electrons. The maximum atomic E-state index is 11.7. The van der Waals surface area contributed by atoms with E-state index < -0.39 is 5.54 Å². The van der Waals surface area contributed by atoms with Crippen LogP contribution in [0.25, 0.3) is 0 Å². The molecule has 88 valence electrons. The molecule has 0 saturated carbocycles. The SMILES string of the molecule is CC(C)OCCOC(=O)C1(C)CCCN1. The Bertz CT molecular complexity index is 210. The molecular formula is C11H21NO3. The van der Waals surface area contributed by atoms with Crippen molar-refractivity contribution in [1.82, 2.24) is 5.32 Å². The molecule has 0 amide bonds. The van der Waals surface area contributed by atoms with Gasteiger partial charge in [-0.25, -0.2) is 0 Å². The summed E-state index contributed by atoms with van der Waals surface area (Å²) in [7, 11) is 0. The molecule has 1 atom stereocenters. The number of nitrogens with one attached hydrogen (secondary N) is 1. The van der Waals surface area contributed by atoms with Gasteiger partial charge >= 0.3 is 5.97 Å². The Morgan fingerprint density at radius 1 is 1.47 bits per heavy atom. The molecule has 15 heavy (non-hydrogen) atoms. The number of rotatable bonds is 5. The fourth-order valence-corrected chi connectivity index (χ4v) is 1.65. The summed E-state index contributed by atoms with van der Waals surface area (Å²) in [6.07, 6.45) is 2.08. The van der Waals surface area contributed by atoms with Crippen LogP contribution >= 0.6 is 0 Å². The lowest BCUT2D eigenvalue weighted by Gasteiger charge is -2.21. The third-order valence-electron chi connectivity index (χ3n) is 2.59. The van der Waals surface area contributed by atoms with Crippen LogP contribution in [0.3, 0.4) is 0 Å². The minimum Gasteiger partial charge on any atom is -0.462 e. The highest BCUT2D eigenvalue weighted by molar-refractivity contribution is 5.80. The predicted octanol–water partition coefficient (Wildman–Crippen LogP) is 1.10. The first-order valence-electron chi connectivity index (χ1n) is 5.58. The van der Waals surface area contributed by atoms with Crippen LogP contribution in [0.5, 0.6) is 0 Å². The van der Waals surface area contributed by atoms with Crippen LogP contribution in [0.1, 0.15) is 33.6 Å². The minimum atomic E-state index is -0.474. The van der Waals surface area contributed by atoms with Gasteiger partial charge in [0.05, 0.1) is 12.7 Å². The molecule has 1 aliphatic rings. The van der Waals surface area contributed by atoms with Crippen molar-refractivity contribution >= 4 is 5.97 Å². The highest BCUT2D eigenvalue weighted by Gasteiger charge is 2.37. The van der Waals surface area contributed by atoms with Crippen molar-refractivity contribution < 1.29 is 14.3 Å². The van der Waals surface area contributed by atoms with E-state index in [2.05, 4.69) is 5.32 Å².